The summed E-state index contributed by atoms with van der Waals surface area (Å²) in [7, 11) is -2.40. The van der Waals surface area contributed by atoms with Crippen LogP contribution in [0.2, 0.25) is 0 Å². The molecule has 0 saturated heterocycles. The lowest BCUT2D eigenvalue weighted by molar-refractivity contribution is -0.112. The van der Waals surface area contributed by atoms with E-state index in [-0.39, 0.29) is 16.2 Å². The Bertz CT molecular complexity index is 1290. The van der Waals surface area contributed by atoms with Crippen LogP contribution in [0.1, 0.15) is 11.1 Å². The lowest BCUT2D eigenvalue weighted by Gasteiger charge is -2.13. The summed E-state index contributed by atoms with van der Waals surface area (Å²) in [6, 6.07) is 21.8. The van der Waals surface area contributed by atoms with Gasteiger partial charge in [-0.15, -0.1) is 0 Å². The monoisotopic (exact) mass is 447 g/mol. The number of methoxy groups -OCH3 is 1. The number of rotatable bonds is 7. The molecule has 3 aromatic rings. The van der Waals surface area contributed by atoms with Crippen molar-refractivity contribution in [2.24, 2.45) is 0 Å². The predicted molar refractivity (Wildman–Crippen MR) is 124 cm³/mol. The summed E-state index contributed by atoms with van der Waals surface area (Å²) in [5.74, 6) is -0.0302. The van der Waals surface area contributed by atoms with Crippen molar-refractivity contribution in [1.29, 1.82) is 5.26 Å². The fourth-order valence-corrected chi connectivity index (χ4v) is 4.23. The smallest absolute Gasteiger partial charge is 0.266 e. The second kappa shape index (κ2) is 9.81. The standard InChI is InChI=1S/C24H21N3O4S/c1-17-8-9-21(26-24(28)19(16-25)14-18-6-4-3-5-7-18)15-23(17)32(29,30)27-20-10-12-22(31-2)13-11-20/h3-15,27H,1-2H3,(H,26,28)/b19-14-. The zero-order chi connectivity index (χ0) is 23.1. The van der Waals surface area contributed by atoms with Gasteiger partial charge in [0.2, 0.25) is 0 Å². The Labute approximate surface area is 187 Å². The summed E-state index contributed by atoms with van der Waals surface area (Å²) in [6.45, 7) is 1.66. The van der Waals surface area contributed by atoms with Crippen LogP contribution in [0.4, 0.5) is 11.4 Å². The number of nitrogens with zero attached hydrogens (tertiary/aromatic N) is 1. The molecule has 0 aliphatic rings. The molecule has 0 spiro atoms. The zero-order valence-corrected chi connectivity index (χ0v) is 18.3. The Morgan fingerprint density at radius 1 is 1.00 bits per heavy atom. The number of carbonyl (C=O) groups is 1. The summed E-state index contributed by atoms with van der Waals surface area (Å²) in [4.78, 5) is 12.6. The number of nitrogens with one attached hydrogen (secondary N) is 2. The number of carbonyl (C=O) groups excluding carboxylic acids is 1. The van der Waals surface area contributed by atoms with E-state index in [1.54, 1.807) is 67.6 Å². The third-order valence-electron chi connectivity index (χ3n) is 4.55. The molecule has 2 N–H and O–H groups in total. The van der Waals surface area contributed by atoms with Crippen LogP contribution in [0.5, 0.6) is 5.75 Å². The molecule has 0 saturated carbocycles. The Morgan fingerprint density at radius 3 is 2.28 bits per heavy atom. The molecule has 0 aliphatic heterocycles. The quantitative estimate of drug-likeness (QED) is 0.413. The number of ether oxygens (including phenoxy) is 1. The molecule has 0 aromatic heterocycles. The number of benzene rings is 3. The van der Waals surface area contributed by atoms with E-state index in [4.69, 9.17) is 4.74 Å². The van der Waals surface area contributed by atoms with Crippen LogP contribution in [0.25, 0.3) is 6.08 Å². The summed E-state index contributed by atoms with van der Waals surface area (Å²) in [6.07, 6.45) is 1.46. The SMILES string of the molecule is COc1ccc(NS(=O)(=O)c2cc(NC(=O)/C(C#N)=C\c3ccccc3)ccc2C)cc1. The molecule has 32 heavy (non-hydrogen) atoms. The van der Waals surface area contributed by atoms with Crippen LogP contribution >= 0.6 is 0 Å². The molecule has 0 bridgehead atoms. The molecule has 0 unspecified atom stereocenters. The van der Waals surface area contributed by atoms with Gasteiger partial charge in [-0.3, -0.25) is 9.52 Å². The van der Waals surface area contributed by atoms with Crippen LogP contribution in [-0.2, 0) is 14.8 Å². The van der Waals surface area contributed by atoms with Gasteiger partial charge in [-0.1, -0.05) is 36.4 Å². The highest BCUT2D eigenvalue weighted by molar-refractivity contribution is 7.92. The van der Waals surface area contributed by atoms with Gasteiger partial charge in [-0.25, -0.2) is 8.42 Å². The molecule has 8 heteroatoms. The third kappa shape index (κ3) is 5.53. The number of aryl methyl sites for hydroxylation is 1. The van der Waals surface area contributed by atoms with E-state index in [1.807, 2.05) is 12.1 Å². The molecule has 0 fully saturated rings. The molecular formula is C24H21N3O4S. The predicted octanol–water partition coefficient (Wildman–Crippen LogP) is 4.35. The first-order valence-corrected chi connectivity index (χ1v) is 11.1. The van der Waals surface area contributed by atoms with E-state index in [0.717, 1.165) is 0 Å². The van der Waals surface area contributed by atoms with Crippen molar-refractivity contribution in [2.45, 2.75) is 11.8 Å². The number of sulfonamides is 1. The minimum Gasteiger partial charge on any atom is -0.497 e. The maximum absolute atomic E-state index is 12.9. The topological polar surface area (TPSA) is 108 Å². The van der Waals surface area contributed by atoms with Crippen LogP contribution in [0.3, 0.4) is 0 Å². The van der Waals surface area contributed by atoms with E-state index >= 15 is 0 Å². The van der Waals surface area contributed by atoms with E-state index < -0.39 is 15.9 Å². The normalized spacial score (nSPS) is 11.3. The van der Waals surface area contributed by atoms with Gasteiger partial charge in [0, 0.05) is 11.4 Å². The highest BCUT2D eigenvalue weighted by atomic mass is 32.2. The zero-order valence-electron chi connectivity index (χ0n) is 17.5. The van der Waals surface area contributed by atoms with Crippen LogP contribution in [0.15, 0.2) is 83.3 Å². The summed E-state index contributed by atoms with van der Waals surface area (Å²) < 4.78 is 33.4. The van der Waals surface area contributed by atoms with Crippen molar-refractivity contribution in [3.63, 3.8) is 0 Å². The summed E-state index contributed by atoms with van der Waals surface area (Å²) in [5, 5.41) is 12.0. The lowest BCUT2D eigenvalue weighted by Crippen LogP contribution is -2.17. The van der Waals surface area contributed by atoms with Crippen molar-refractivity contribution in [2.75, 3.05) is 17.1 Å². The van der Waals surface area contributed by atoms with Gasteiger partial charge in [-0.05, 0) is 60.5 Å². The van der Waals surface area contributed by atoms with Crippen molar-refractivity contribution >= 4 is 33.4 Å². The lowest BCUT2D eigenvalue weighted by atomic mass is 10.1. The van der Waals surface area contributed by atoms with Crippen LogP contribution in [-0.4, -0.2) is 21.4 Å². The minimum absolute atomic E-state index is 0.0108. The fourth-order valence-electron chi connectivity index (χ4n) is 2.90. The Morgan fingerprint density at radius 2 is 1.66 bits per heavy atom. The minimum atomic E-state index is -3.92. The van der Waals surface area contributed by atoms with Gasteiger partial charge in [0.1, 0.15) is 17.4 Å². The molecule has 162 valence electrons. The van der Waals surface area contributed by atoms with Gasteiger partial charge >= 0.3 is 0 Å². The number of hydrogen-bond acceptors (Lipinski definition) is 5. The Balaban J connectivity index is 1.83. The largest absolute Gasteiger partial charge is 0.497 e. The van der Waals surface area contributed by atoms with Crippen molar-refractivity contribution < 1.29 is 17.9 Å². The first kappa shape index (κ1) is 22.6. The second-order valence-corrected chi connectivity index (χ2v) is 8.50. The number of anilines is 2. The molecular weight excluding hydrogens is 426 g/mol. The Hall–Kier alpha value is -4.09. The second-order valence-electron chi connectivity index (χ2n) is 6.85. The maximum atomic E-state index is 12.9. The van der Waals surface area contributed by atoms with E-state index in [0.29, 0.717) is 22.6 Å². The molecule has 0 heterocycles. The molecule has 1 amide bonds. The highest BCUT2D eigenvalue weighted by Crippen LogP contribution is 2.24. The molecule has 0 radical (unpaired) electrons. The van der Waals surface area contributed by atoms with Gasteiger partial charge in [0.25, 0.3) is 15.9 Å². The average molecular weight is 448 g/mol. The van der Waals surface area contributed by atoms with Crippen molar-refractivity contribution in [3.05, 3.63) is 89.5 Å². The van der Waals surface area contributed by atoms with Gasteiger partial charge in [-0.2, -0.15) is 5.26 Å². The Kier molecular flexibility index (Phi) is 6.93. The van der Waals surface area contributed by atoms with Crippen LogP contribution in [0, 0.1) is 18.3 Å². The van der Waals surface area contributed by atoms with E-state index in [1.165, 1.54) is 19.3 Å². The first-order valence-electron chi connectivity index (χ1n) is 9.58. The van der Waals surface area contributed by atoms with Gasteiger partial charge in [0.05, 0.1) is 12.0 Å². The molecule has 3 aromatic carbocycles. The number of hydrogen-bond donors (Lipinski definition) is 2. The summed E-state index contributed by atoms with van der Waals surface area (Å²) in [5.41, 5.74) is 1.74. The van der Waals surface area contributed by atoms with E-state index in [9.17, 15) is 18.5 Å². The van der Waals surface area contributed by atoms with Gasteiger partial charge < -0.3 is 10.1 Å². The fraction of sp³-hybridized carbons (Fsp3) is 0.0833. The third-order valence-corrected chi connectivity index (χ3v) is 6.08. The average Bonchev–Trinajstić information content (AvgIpc) is 2.79. The molecule has 7 nitrogen and oxygen atoms in total. The first-order chi connectivity index (χ1) is 15.3. The van der Waals surface area contributed by atoms with Crippen molar-refractivity contribution in [1.82, 2.24) is 0 Å². The number of nitriles is 1. The maximum Gasteiger partial charge on any atom is 0.266 e. The number of amides is 1. The highest BCUT2D eigenvalue weighted by Gasteiger charge is 2.19. The van der Waals surface area contributed by atoms with Gasteiger partial charge in [0.15, 0.2) is 0 Å². The molecule has 0 aliphatic carbocycles. The molecule has 3 rings (SSSR count). The van der Waals surface area contributed by atoms with Crippen LogP contribution < -0.4 is 14.8 Å². The summed E-state index contributed by atoms with van der Waals surface area (Å²) >= 11 is 0. The van der Waals surface area contributed by atoms with E-state index in [2.05, 4.69) is 10.0 Å². The molecule has 0 atom stereocenters. The van der Waals surface area contributed by atoms with Crippen molar-refractivity contribution in [3.8, 4) is 11.8 Å².